The molecule has 4 nitrogen and oxygen atoms in total. The highest BCUT2D eigenvalue weighted by atomic mass is 79.9. The van der Waals surface area contributed by atoms with Gasteiger partial charge in [-0.1, -0.05) is 33.6 Å². The van der Waals surface area contributed by atoms with Crippen LogP contribution >= 0.6 is 39.3 Å². The van der Waals surface area contributed by atoms with Gasteiger partial charge >= 0.3 is 5.97 Å². The summed E-state index contributed by atoms with van der Waals surface area (Å²) in [5.74, 6) is -0.700. The van der Waals surface area contributed by atoms with Gasteiger partial charge in [0.25, 0.3) is 5.91 Å². The predicted octanol–water partition coefficient (Wildman–Crippen LogP) is 4.68. The summed E-state index contributed by atoms with van der Waals surface area (Å²) in [7, 11) is 0. The number of carbonyl (C=O) groups excluding carboxylic acids is 2. The molecule has 7 heteroatoms. The van der Waals surface area contributed by atoms with E-state index in [-0.39, 0.29) is 12.4 Å². The molecule has 1 N–H and O–H groups in total. The molecule has 1 amide bonds. The van der Waals surface area contributed by atoms with Gasteiger partial charge in [-0.05, 0) is 48.9 Å². The fourth-order valence-corrected chi connectivity index (χ4v) is 2.93. The van der Waals surface area contributed by atoms with Gasteiger partial charge in [-0.3, -0.25) is 9.59 Å². The molecule has 0 aliphatic carbocycles. The number of ether oxygens (including phenoxy) is 1. The second-order valence-electron chi connectivity index (χ2n) is 4.86. The highest BCUT2D eigenvalue weighted by molar-refractivity contribution is 9.10. The lowest BCUT2D eigenvalue weighted by Crippen LogP contribution is -2.22. The second-order valence-corrected chi connectivity index (χ2v) is 7.24. The van der Waals surface area contributed by atoms with Crippen LogP contribution in [0.1, 0.15) is 5.56 Å². The van der Waals surface area contributed by atoms with Crippen LogP contribution in [0.25, 0.3) is 0 Å². The van der Waals surface area contributed by atoms with Crippen molar-refractivity contribution in [3.63, 3.8) is 0 Å². The number of halogens is 2. The van der Waals surface area contributed by atoms with Crippen molar-refractivity contribution in [3.05, 3.63) is 57.5 Å². The molecule has 0 spiro atoms. The van der Waals surface area contributed by atoms with Gasteiger partial charge in [0.05, 0.1) is 5.75 Å². The van der Waals surface area contributed by atoms with Crippen molar-refractivity contribution in [2.45, 2.75) is 11.8 Å². The van der Waals surface area contributed by atoms with Crippen LogP contribution in [0.3, 0.4) is 0 Å². The highest BCUT2D eigenvalue weighted by Crippen LogP contribution is 2.23. The number of esters is 1. The third-order valence-corrected chi connectivity index (χ3v) is 5.00. The van der Waals surface area contributed by atoms with Crippen molar-refractivity contribution in [1.29, 1.82) is 0 Å². The summed E-state index contributed by atoms with van der Waals surface area (Å²) in [6.45, 7) is 1.48. The minimum atomic E-state index is -0.444. The minimum Gasteiger partial charge on any atom is -0.455 e. The zero-order chi connectivity index (χ0) is 17.5. The van der Waals surface area contributed by atoms with Crippen molar-refractivity contribution in [1.82, 2.24) is 0 Å². The summed E-state index contributed by atoms with van der Waals surface area (Å²) >= 11 is 10.7. The molecule has 0 heterocycles. The van der Waals surface area contributed by atoms with Crippen molar-refractivity contribution in [2.75, 3.05) is 17.7 Å². The Bertz CT molecular complexity index is 737. The summed E-state index contributed by atoms with van der Waals surface area (Å²) in [5.41, 5.74) is 1.37. The van der Waals surface area contributed by atoms with Crippen LogP contribution in [0.4, 0.5) is 5.69 Å². The number of nitrogens with one attached hydrogen (secondary N) is 1. The average Bonchev–Trinajstić information content (AvgIpc) is 2.56. The van der Waals surface area contributed by atoms with Gasteiger partial charge < -0.3 is 10.1 Å². The molecule has 0 saturated heterocycles. The minimum absolute atomic E-state index is 0.144. The topological polar surface area (TPSA) is 55.4 Å². The summed E-state index contributed by atoms with van der Waals surface area (Å²) in [4.78, 5) is 24.5. The Hall–Kier alpha value is -1.50. The molecule has 2 aromatic rings. The Morgan fingerprint density at radius 3 is 2.62 bits per heavy atom. The van der Waals surface area contributed by atoms with E-state index in [0.29, 0.717) is 10.7 Å². The third kappa shape index (κ3) is 5.85. The smallest absolute Gasteiger partial charge is 0.316 e. The first-order chi connectivity index (χ1) is 11.5. The molecule has 2 rings (SSSR count). The molecule has 24 heavy (non-hydrogen) atoms. The zero-order valence-corrected chi connectivity index (χ0v) is 16.0. The number of hydrogen-bond donors (Lipinski definition) is 1. The van der Waals surface area contributed by atoms with Crippen molar-refractivity contribution >= 4 is 56.9 Å². The lowest BCUT2D eigenvalue weighted by Gasteiger charge is -2.10. The van der Waals surface area contributed by atoms with E-state index in [0.717, 1.165) is 14.9 Å². The first-order valence-corrected chi connectivity index (χ1v) is 9.20. The summed E-state index contributed by atoms with van der Waals surface area (Å²) in [6.07, 6.45) is 0. The maximum absolute atomic E-state index is 11.8. The zero-order valence-electron chi connectivity index (χ0n) is 12.8. The van der Waals surface area contributed by atoms with Gasteiger partial charge in [0.2, 0.25) is 0 Å². The fraction of sp³-hybridized carbons (Fsp3) is 0.176. The van der Waals surface area contributed by atoms with Crippen molar-refractivity contribution in [2.24, 2.45) is 0 Å². The highest BCUT2D eigenvalue weighted by Gasteiger charge is 2.10. The van der Waals surface area contributed by atoms with Crippen molar-refractivity contribution in [3.8, 4) is 0 Å². The van der Waals surface area contributed by atoms with Gasteiger partial charge in [0.1, 0.15) is 0 Å². The van der Waals surface area contributed by atoms with Gasteiger partial charge in [-0.15, -0.1) is 11.8 Å². The number of hydrogen-bond acceptors (Lipinski definition) is 4. The molecule has 0 fully saturated rings. The standard InChI is InChI=1S/C17H15BrClNO3S/c1-11-14(19)3-2-4-15(11)20-16(21)9-23-17(22)10-24-13-7-5-12(18)6-8-13/h2-8H,9-10H2,1H3,(H,20,21). The largest absolute Gasteiger partial charge is 0.455 e. The van der Waals surface area contributed by atoms with E-state index < -0.39 is 11.9 Å². The van der Waals surface area contributed by atoms with E-state index in [2.05, 4.69) is 21.2 Å². The van der Waals surface area contributed by atoms with Gasteiger partial charge in [0, 0.05) is 20.1 Å². The van der Waals surface area contributed by atoms with Crippen LogP contribution < -0.4 is 5.32 Å². The van der Waals surface area contributed by atoms with E-state index in [9.17, 15) is 9.59 Å². The number of anilines is 1. The van der Waals surface area contributed by atoms with E-state index in [4.69, 9.17) is 16.3 Å². The number of amides is 1. The van der Waals surface area contributed by atoms with Crippen LogP contribution in [0.15, 0.2) is 51.8 Å². The van der Waals surface area contributed by atoms with Gasteiger partial charge in [-0.2, -0.15) is 0 Å². The lowest BCUT2D eigenvalue weighted by molar-refractivity contribution is -0.144. The average molecular weight is 429 g/mol. The molecule has 0 radical (unpaired) electrons. The normalized spacial score (nSPS) is 10.3. The number of rotatable bonds is 6. The summed E-state index contributed by atoms with van der Waals surface area (Å²) in [5, 5.41) is 3.24. The lowest BCUT2D eigenvalue weighted by atomic mass is 10.2. The Kier molecular flexibility index (Phi) is 7.15. The maximum Gasteiger partial charge on any atom is 0.316 e. The van der Waals surface area contributed by atoms with Gasteiger partial charge in [-0.25, -0.2) is 0 Å². The van der Waals surface area contributed by atoms with E-state index in [1.54, 1.807) is 25.1 Å². The molecular weight excluding hydrogens is 414 g/mol. The van der Waals surface area contributed by atoms with Crippen molar-refractivity contribution < 1.29 is 14.3 Å². The van der Waals surface area contributed by atoms with Crippen LogP contribution in [0, 0.1) is 6.92 Å². The molecule has 0 aliphatic rings. The fourth-order valence-electron chi connectivity index (χ4n) is 1.79. The number of benzene rings is 2. The first kappa shape index (κ1) is 18.8. The van der Waals surface area contributed by atoms with E-state index in [1.165, 1.54) is 11.8 Å². The monoisotopic (exact) mass is 427 g/mol. The van der Waals surface area contributed by atoms with E-state index in [1.807, 2.05) is 24.3 Å². The molecule has 0 atom stereocenters. The molecule has 0 saturated carbocycles. The molecular formula is C17H15BrClNO3S. The van der Waals surface area contributed by atoms with Gasteiger partial charge in [0.15, 0.2) is 6.61 Å². The predicted molar refractivity (Wildman–Crippen MR) is 101 cm³/mol. The summed E-state index contributed by atoms with van der Waals surface area (Å²) < 4.78 is 5.95. The number of carbonyl (C=O) groups is 2. The van der Waals surface area contributed by atoms with E-state index >= 15 is 0 Å². The third-order valence-electron chi connectivity index (χ3n) is 3.08. The molecule has 0 bridgehead atoms. The molecule has 0 unspecified atom stereocenters. The second kappa shape index (κ2) is 9.11. The van der Waals surface area contributed by atoms with Crippen LogP contribution in [-0.4, -0.2) is 24.2 Å². The first-order valence-electron chi connectivity index (χ1n) is 7.04. The van der Waals surface area contributed by atoms with Crippen LogP contribution in [-0.2, 0) is 14.3 Å². The Morgan fingerprint density at radius 1 is 1.21 bits per heavy atom. The molecule has 0 aromatic heterocycles. The molecule has 126 valence electrons. The van der Waals surface area contributed by atoms with Crippen LogP contribution in [0.2, 0.25) is 5.02 Å². The Balaban J connectivity index is 1.75. The van der Waals surface area contributed by atoms with Crippen LogP contribution in [0.5, 0.6) is 0 Å². The summed E-state index contributed by atoms with van der Waals surface area (Å²) in [6, 6.07) is 12.8. The molecule has 2 aromatic carbocycles. The Labute approximate surface area is 158 Å². The maximum atomic E-state index is 11.8. The Morgan fingerprint density at radius 2 is 1.92 bits per heavy atom. The SMILES string of the molecule is Cc1c(Cl)cccc1NC(=O)COC(=O)CSc1ccc(Br)cc1. The molecule has 0 aliphatic heterocycles. The number of thioether (sulfide) groups is 1. The quantitative estimate of drug-likeness (QED) is 0.536.